The van der Waals surface area contributed by atoms with Crippen molar-refractivity contribution in [1.82, 2.24) is 15.3 Å². The number of hydrogen-bond donors (Lipinski definition) is 3. The highest BCUT2D eigenvalue weighted by Gasteiger charge is 2.19. The molecule has 19 heavy (non-hydrogen) atoms. The molecule has 0 saturated carbocycles. The van der Waals surface area contributed by atoms with Crippen LogP contribution in [0.3, 0.4) is 0 Å². The molecule has 0 saturated heterocycles. The van der Waals surface area contributed by atoms with E-state index in [1.807, 2.05) is 38.2 Å². The van der Waals surface area contributed by atoms with Crippen LogP contribution in [0.15, 0.2) is 29.4 Å². The van der Waals surface area contributed by atoms with Crippen molar-refractivity contribution < 1.29 is 5.11 Å². The molecule has 0 fully saturated rings. The smallest absolute Gasteiger partial charge is 0.166 e. The molecule has 1 heterocycles. The van der Waals surface area contributed by atoms with Gasteiger partial charge >= 0.3 is 0 Å². The molecule has 0 spiro atoms. The lowest BCUT2D eigenvalue weighted by Gasteiger charge is -2.26. The van der Waals surface area contributed by atoms with Crippen LogP contribution in [0.1, 0.15) is 19.8 Å². The number of likely N-dealkylation sites (N-methyl/N-ethyl adjacent to an activating group) is 1. The zero-order valence-corrected chi connectivity index (χ0v) is 12.3. The number of aliphatic hydroxyl groups is 1. The van der Waals surface area contributed by atoms with E-state index in [1.54, 1.807) is 11.8 Å². The van der Waals surface area contributed by atoms with Gasteiger partial charge in [-0.2, -0.15) is 0 Å². The molecule has 1 aromatic carbocycles. The number of nitrogens with one attached hydrogen (secondary N) is 2. The minimum absolute atomic E-state index is 0.165. The standard InChI is InChI=1S/C14H21N3OS/c1-14(10-18,15-2)8-5-9-19-13-16-11-6-3-4-7-12(11)17-13/h3-4,6-7,15,18H,5,8-10H2,1-2H3,(H,16,17). The first-order chi connectivity index (χ1) is 9.17. The Morgan fingerprint density at radius 1 is 1.42 bits per heavy atom. The Labute approximate surface area is 118 Å². The van der Waals surface area contributed by atoms with Gasteiger partial charge in [0, 0.05) is 11.3 Å². The number of aromatic nitrogens is 2. The van der Waals surface area contributed by atoms with Gasteiger partial charge in [0.1, 0.15) is 0 Å². The van der Waals surface area contributed by atoms with Gasteiger partial charge in [-0.1, -0.05) is 23.9 Å². The Bertz CT molecular complexity index is 489. The number of hydrogen-bond acceptors (Lipinski definition) is 4. The van der Waals surface area contributed by atoms with Crippen LogP contribution in [0.4, 0.5) is 0 Å². The zero-order chi connectivity index (χ0) is 13.7. The summed E-state index contributed by atoms with van der Waals surface area (Å²) in [4.78, 5) is 7.84. The first-order valence-corrected chi connectivity index (χ1v) is 7.53. The van der Waals surface area contributed by atoms with Crippen LogP contribution in [0.2, 0.25) is 0 Å². The first-order valence-electron chi connectivity index (χ1n) is 6.54. The molecule has 0 aliphatic rings. The van der Waals surface area contributed by atoms with E-state index < -0.39 is 0 Å². The van der Waals surface area contributed by atoms with Crippen LogP contribution in [-0.2, 0) is 0 Å². The maximum absolute atomic E-state index is 9.31. The molecular formula is C14H21N3OS. The number of imidazole rings is 1. The number of H-pyrrole nitrogens is 1. The van der Waals surface area contributed by atoms with Crippen LogP contribution in [0, 0.1) is 0 Å². The van der Waals surface area contributed by atoms with Crippen molar-refractivity contribution in [3.8, 4) is 0 Å². The second-order valence-electron chi connectivity index (χ2n) is 4.98. The molecular weight excluding hydrogens is 258 g/mol. The molecule has 5 heteroatoms. The highest BCUT2D eigenvalue weighted by Crippen LogP contribution is 2.21. The summed E-state index contributed by atoms with van der Waals surface area (Å²) in [5, 5.41) is 13.4. The minimum atomic E-state index is -0.172. The van der Waals surface area contributed by atoms with Crippen molar-refractivity contribution >= 4 is 22.8 Å². The number of fused-ring (bicyclic) bond motifs is 1. The third-order valence-corrected chi connectivity index (χ3v) is 4.39. The molecule has 2 rings (SSSR count). The molecule has 1 aromatic heterocycles. The van der Waals surface area contributed by atoms with E-state index in [0.717, 1.165) is 34.8 Å². The van der Waals surface area contributed by atoms with Crippen molar-refractivity contribution in [2.24, 2.45) is 0 Å². The topological polar surface area (TPSA) is 60.9 Å². The van der Waals surface area contributed by atoms with Crippen molar-refractivity contribution in [3.05, 3.63) is 24.3 Å². The summed E-state index contributed by atoms with van der Waals surface area (Å²) in [5.74, 6) is 0.997. The molecule has 3 N–H and O–H groups in total. The van der Waals surface area contributed by atoms with Gasteiger partial charge in [-0.05, 0) is 38.9 Å². The highest BCUT2D eigenvalue weighted by molar-refractivity contribution is 7.99. The highest BCUT2D eigenvalue weighted by atomic mass is 32.2. The zero-order valence-electron chi connectivity index (χ0n) is 11.4. The summed E-state index contributed by atoms with van der Waals surface area (Å²) in [7, 11) is 1.89. The van der Waals surface area contributed by atoms with E-state index in [0.29, 0.717) is 0 Å². The number of benzene rings is 1. The maximum Gasteiger partial charge on any atom is 0.166 e. The predicted molar refractivity (Wildman–Crippen MR) is 80.6 cm³/mol. The largest absolute Gasteiger partial charge is 0.394 e. The second kappa shape index (κ2) is 6.41. The van der Waals surface area contributed by atoms with Crippen LogP contribution in [-0.4, -0.2) is 40.0 Å². The fourth-order valence-electron chi connectivity index (χ4n) is 1.91. The van der Waals surface area contributed by atoms with E-state index in [9.17, 15) is 5.11 Å². The lowest BCUT2D eigenvalue weighted by Crippen LogP contribution is -2.43. The van der Waals surface area contributed by atoms with Gasteiger partial charge in [0.05, 0.1) is 17.6 Å². The number of para-hydroxylation sites is 2. The average molecular weight is 279 g/mol. The normalized spacial score (nSPS) is 14.7. The van der Waals surface area contributed by atoms with Crippen LogP contribution >= 0.6 is 11.8 Å². The second-order valence-corrected chi connectivity index (χ2v) is 6.06. The number of nitrogens with zero attached hydrogens (tertiary/aromatic N) is 1. The Morgan fingerprint density at radius 3 is 2.89 bits per heavy atom. The van der Waals surface area contributed by atoms with E-state index >= 15 is 0 Å². The summed E-state index contributed by atoms with van der Waals surface area (Å²) in [6.07, 6.45) is 1.99. The Morgan fingerprint density at radius 2 is 2.21 bits per heavy atom. The Kier molecular flexibility index (Phi) is 4.85. The number of aromatic amines is 1. The SMILES string of the molecule is CNC(C)(CO)CCCSc1nc2ccccc2[nH]1. The average Bonchev–Trinajstić information content (AvgIpc) is 2.86. The third-order valence-electron chi connectivity index (χ3n) is 3.43. The third kappa shape index (κ3) is 3.72. The molecule has 1 unspecified atom stereocenters. The Hall–Kier alpha value is -1.04. The van der Waals surface area contributed by atoms with Crippen molar-refractivity contribution in [3.63, 3.8) is 0 Å². The number of thioether (sulfide) groups is 1. The molecule has 0 bridgehead atoms. The Balaban J connectivity index is 1.83. The van der Waals surface area contributed by atoms with Gasteiger partial charge in [0.25, 0.3) is 0 Å². The number of aliphatic hydroxyl groups excluding tert-OH is 1. The predicted octanol–water partition coefficient (Wildman–Crippen LogP) is 2.41. The lowest BCUT2D eigenvalue weighted by molar-refractivity contribution is 0.173. The monoisotopic (exact) mass is 279 g/mol. The summed E-state index contributed by atoms with van der Waals surface area (Å²) in [6, 6.07) is 8.06. The van der Waals surface area contributed by atoms with Crippen molar-refractivity contribution in [2.45, 2.75) is 30.5 Å². The van der Waals surface area contributed by atoms with Gasteiger partial charge in [0.2, 0.25) is 0 Å². The molecule has 104 valence electrons. The van der Waals surface area contributed by atoms with Gasteiger partial charge in [0.15, 0.2) is 5.16 Å². The van der Waals surface area contributed by atoms with Gasteiger partial charge < -0.3 is 15.4 Å². The van der Waals surface area contributed by atoms with E-state index in [1.165, 1.54) is 0 Å². The maximum atomic E-state index is 9.31. The van der Waals surface area contributed by atoms with E-state index in [2.05, 4.69) is 15.3 Å². The molecule has 0 amide bonds. The van der Waals surface area contributed by atoms with Gasteiger partial charge in [-0.25, -0.2) is 4.98 Å². The van der Waals surface area contributed by atoms with Crippen molar-refractivity contribution in [1.29, 1.82) is 0 Å². The summed E-state index contributed by atoms with van der Waals surface area (Å²) >= 11 is 1.73. The molecule has 1 atom stereocenters. The summed E-state index contributed by atoms with van der Waals surface area (Å²) in [5.41, 5.74) is 1.93. The van der Waals surface area contributed by atoms with Gasteiger partial charge in [-0.15, -0.1) is 0 Å². The fraction of sp³-hybridized carbons (Fsp3) is 0.500. The molecule has 4 nitrogen and oxygen atoms in total. The quantitative estimate of drug-likeness (QED) is 0.538. The van der Waals surface area contributed by atoms with Crippen LogP contribution in [0.25, 0.3) is 11.0 Å². The number of rotatable bonds is 7. The molecule has 0 radical (unpaired) electrons. The van der Waals surface area contributed by atoms with Gasteiger partial charge in [-0.3, -0.25) is 0 Å². The fourth-order valence-corrected chi connectivity index (χ4v) is 2.74. The van der Waals surface area contributed by atoms with Crippen molar-refractivity contribution in [2.75, 3.05) is 19.4 Å². The lowest BCUT2D eigenvalue weighted by atomic mass is 9.98. The van der Waals surface area contributed by atoms with Crippen LogP contribution < -0.4 is 5.32 Å². The van der Waals surface area contributed by atoms with Crippen LogP contribution in [0.5, 0.6) is 0 Å². The molecule has 0 aliphatic carbocycles. The molecule has 0 aliphatic heterocycles. The summed E-state index contributed by atoms with van der Waals surface area (Å²) < 4.78 is 0. The minimum Gasteiger partial charge on any atom is -0.394 e. The first kappa shape index (κ1) is 14.4. The van der Waals surface area contributed by atoms with E-state index in [4.69, 9.17) is 0 Å². The van der Waals surface area contributed by atoms with E-state index in [-0.39, 0.29) is 12.1 Å². The molecule has 2 aromatic rings. The summed E-state index contributed by atoms with van der Waals surface area (Å²) in [6.45, 7) is 2.21.